The van der Waals surface area contributed by atoms with Gasteiger partial charge in [-0.3, -0.25) is 19.1 Å². The lowest BCUT2D eigenvalue weighted by molar-refractivity contribution is -0.127. The lowest BCUT2D eigenvalue weighted by Gasteiger charge is -2.38. The van der Waals surface area contributed by atoms with E-state index >= 15 is 0 Å². The van der Waals surface area contributed by atoms with Crippen LogP contribution in [0.2, 0.25) is 0 Å². The van der Waals surface area contributed by atoms with E-state index in [4.69, 9.17) is 4.74 Å². The molecule has 0 radical (unpaired) electrons. The molecule has 1 unspecified atom stereocenters. The highest BCUT2D eigenvalue weighted by Gasteiger charge is 2.32. The SMILES string of the molecule is Cc1cccc2c1N(C(=O)OCc1ccccc1)CCN2c1cc2cnc([S+](C)[O-])nc2n(-c2ccc(N(C)CC(=O)N(C)C)cc2)c1=O. The number of benzene rings is 3. The highest BCUT2D eigenvalue weighted by molar-refractivity contribution is 7.90. The number of carbonyl (C=O) groups is 2. The van der Waals surface area contributed by atoms with Gasteiger partial charge in [0.1, 0.15) is 18.6 Å². The van der Waals surface area contributed by atoms with E-state index in [-0.39, 0.29) is 36.3 Å². The summed E-state index contributed by atoms with van der Waals surface area (Å²) in [6.07, 6.45) is 2.59. The van der Waals surface area contributed by atoms with E-state index in [9.17, 15) is 18.9 Å². The molecule has 252 valence electrons. The molecule has 5 aromatic rings. The van der Waals surface area contributed by atoms with Gasteiger partial charge < -0.3 is 24.0 Å². The van der Waals surface area contributed by atoms with Crippen LogP contribution in [0.3, 0.4) is 0 Å². The van der Waals surface area contributed by atoms with Crippen LogP contribution in [0.25, 0.3) is 16.7 Å². The van der Waals surface area contributed by atoms with Crippen LogP contribution in [0.1, 0.15) is 11.1 Å². The van der Waals surface area contributed by atoms with Crippen molar-refractivity contribution in [3.8, 4) is 5.69 Å². The lowest BCUT2D eigenvalue weighted by atomic mass is 10.1. The number of likely N-dealkylation sites (N-methyl/N-ethyl adjacent to an activating group) is 2. The standard InChI is InChI=1S/C36H37N7O5S/c1-24-10-9-13-29-32(24)42(36(46)48-23-25-11-7-6-8-12-25)19-18-41(29)30-20-26-21-37-35(49(5)47)38-33(26)43(34(30)45)28-16-14-27(15-17-28)40(4)22-31(44)39(2)3/h6-17,20-21H,18-19,22-23H2,1-5H3. The summed E-state index contributed by atoms with van der Waals surface area (Å²) in [5, 5.41) is 0.677. The fraction of sp³-hybridized carbons (Fsp3) is 0.250. The van der Waals surface area contributed by atoms with Crippen molar-refractivity contribution in [1.82, 2.24) is 19.4 Å². The van der Waals surface area contributed by atoms with Crippen molar-refractivity contribution in [1.29, 1.82) is 0 Å². The molecule has 0 fully saturated rings. The number of fused-ring (bicyclic) bond motifs is 2. The molecule has 13 heteroatoms. The predicted octanol–water partition coefficient (Wildman–Crippen LogP) is 4.65. The van der Waals surface area contributed by atoms with E-state index in [1.807, 2.05) is 84.4 Å². The zero-order valence-corrected chi connectivity index (χ0v) is 28.8. The fourth-order valence-electron chi connectivity index (χ4n) is 5.81. The molecule has 0 saturated heterocycles. The summed E-state index contributed by atoms with van der Waals surface area (Å²) in [4.78, 5) is 56.1. The lowest BCUT2D eigenvalue weighted by Crippen LogP contribution is -2.44. The van der Waals surface area contributed by atoms with Crippen molar-refractivity contribution in [3.63, 3.8) is 0 Å². The van der Waals surface area contributed by atoms with Crippen LogP contribution in [0.5, 0.6) is 0 Å². The summed E-state index contributed by atoms with van der Waals surface area (Å²) in [5.74, 6) is -0.0432. The molecule has 1 atom stereocenters. The third kappa shape index (κ3) is 6.80. The monoisotopic (exact) mass is 679 g/mol. The molecule has 0 saturated carbocycles. The number of hydrogen-bond acceptors (Lipinski definition) is 9. The molecule has 0 aliphatic carbocycles. The molecule has 3 aromatic carbocycles. The summed E-state index contributed by atoms with van der Waals surface area (Å²) < 4.78 is 19.6. The molecular weight excluding hydrogens is 643 g/mol. The Kier molecular flexibility index (Phi) is 9.56. The number of aryl methyl sites for hydroxylation is 1. The van der Waals surface area contributed by atoms with Crippen LogP contribution in [0.15, 0.2) is 95.0 Å². The normalized spacial score (nSPS) is 13.2. The topological polar surface area (TPSA) is 127 Å². The molecule has 3 heterocycles. The van der Waals surface area contributed by atoms with Gasteiger partial charge in [0.2, 0.25) is 5.91 Å². The minimum atomic E-state index is -1.48. The molecule has 12 nitrogen and oxygen atoms in total. The number of rotatable bonds is 8. The first-order valence-corrected chi connectivity index (χ1v) is 17.2. The van der Waals surface area contributed by atoms with Gasteiger partial charge >= 0.3 is 11.2 Å². The Hall–Kier alpha value is -5.40. The van der Waals surface area contributed by atoms with E-state index in [0.29, 0.717) is 40.3 Å². The van der Waals surface area contributed by atoms with Crippen LogP contribution in [-0.4, -0.2) is 83.0 Å². The molecule has 0 spiro atoms. The third-order valence-electron chi connectivity index (χ3n) is 8.42. The smallest absolute Gasteiger partial charge is 0.414 e. The number of amides is 2. The average Bonchev–Trinajstić information content (AvgIpc) is 3.10. The Morgan fingerprint density at radius 1 is 0.959 bits per heavy atom. The zero-order chi connectivity index (χ0) is 34.8. The second-order valence-electron chi connectivity index (χ2n) is 12.0. The molecular formula is C36H37N7O5S. The number of hydrogen-bond donors (Lipinski definition) is 0. The van der Waals surface area contributed by atoms with E-state index < -0.39 is 17.3 Å². The number of pyridine rings is 1. The second kappa shape index (κ2) is 14.0. The number of carbonyl (C=O) groups excluding carboxylic acids is 2. The first kappa shape index (κ1) is 33.5. The maximum absolute atomic E-state index is 14.6. The van der Waals surface area contributed by atoms with Crippen molar-refractivity contribution in [2.75, 3.05) is 61.7 Å². The Morgan fingerprint density at radius 2 is 1.69 bits per heavy atom. The third-order valence-corrected chi connectivity index (χ3v) is 9.13. The molecule has 1 aliphatic heterocycles. The highest BCUT2D eigenvalue weighted by atomic mass is 32.2. The maximum Gasteiger partial charge on any atom is 0.414 e. The quantitative estimate of drug-likeness (QED) is 0.170. The van der Waals surface area contributed by atoms with E-state index in [2.05, 4.69) is 9.97 Å². The fourth-order valence-corrected chi connectivity index (χ4v) is 6.22. The van der Waals surface area contributed by atoms with Crippen LogP contribution in [0, 0.1) is 6.92 Å². The van der Waals surface area contributed by atoms with Crippen molar-refractivity contribution in [2.45, 2.75) is 18.7 Å². The molecule has 6 rings (SSSR count). The Balaban J connectivity index is 1.41. The Morgan fingerprint density at radius 3 is 2.39 bits per heavy atom. The molecule has 2 aromatic heterocycles. The largest absolute Gasteiger partial charge is 0.609 e. The van der Waals surface area contributed by atoms with E-state index in [1.165, 1.54) is 15.7 Å². The van der Waals surface area contributed by atoms with Crippen LogP contribution < -0.4 is 20.3 Å². The minimum Gasteiger partial charge on any atom is -0.609 e. The van der Waals surface area contributed by atoms with Gasteiger partial charge in [-0.25, -0.2) is 4.79 Å². The van der Waals surface area contributed by atoms with Gasteiger partial charge in [-0.05, 0) is 54.4 Å². The number of nitrogens with zero attached hydrogens (tertiary/aromatic N) is 7. The van der Waals surface area contributed by atoms with Crippen molar-refractivity contribution in [2.24, 2.45) is 0 Å². The summed E-state index contributed by atoms with van der Waals surface area (Å²) in [6.45, 7) is 2.85. The Labute approximate surface area is 287 Å². The summed E-state index contributed by atoms with van der Waals surface area (Å²) in [6, 6.07) is 24.2. The summed E-state index contributed by atoms with van der Waals surface area (Å²) in [5.41, 5.74) is 4.72. The average molecular weight is 680 g/mol. The number of anilines is 4. The second-order valence-corrected chi connectivity index (χ2v) is 13.3. The van der Waals surface area contributed by atoms with Gasteiger partial charge in [-0.2, -0.15) is 9.97 Å². The van der Waals surface area contributed by atoms with E-state index in [0.717, 1.165) is 16.8 Å². The van der Waals surface area contributed by atoms with Crippen molar-refractivity contribution in [3.05, 3.63) is 107 Å². The molecule has 0 bridgehead atoms. The number of aromatic nitrogens is 3. The first-order valence-electron chi connectivity index (χ1n) is 15.7. The van der Waals surface area contributed by atoms with Crippen molar-refractivity contribution >= 4 is 57.0 Å². The van der Waals surface area contributed by atoms with Gasteiger partial charge in [0, 0.05) is 62.7 Å². The van der Waals surface area contributed by atoms with Gasteiger partial charge in [0.15, 0.2) is 5.65 Å². The van der Waals surface area contributed by atoms with Crippen LogP contribution in [-0.2, 0) is 27.3 Å². The van der Waals surface area contributed by atoms with Crippen molar-refractivity contribution < 1.29 is 18.9 Å². The van der Waals surface area contributed by atoms with Crippen LogP contribution in [0.4, 0.5) is 27.5 Å². The number of ether oxygens (including phenoxy) is 1. The van der Waals surface area contributed by atoms with Gasteiger partial charge in [-0.15, -0.1) is 0 Å². The van der Waals surface area contributed by atoms with Gasteiger partial charge in [-0.1, -0.05) is 42.5 Å². The molecule has 1 aliphatic rings. The first-order chi connectivity index (χ1) is 23.5. The zero-order valence-electron chi connectivity index (χ0n) is 28.0. The van der Waals surface area contributed by atoms with Crippen LogP contribution >= 0.6 is 0 Å². The van der Waals surface area contributed by atoms with E-state index in [1.54, 1.807) is 43.4 Å². The maximum atomic E-state index is 14.6. The van der Waals surface area contributed by atoms with Gasteiger partial charge in [0.25, 0.3) is 5.56 Å². The van der Waals surface area contributed by atoms with Gasteiger partial charge in [0.05, 0.1) is 23.6 Å². The highest BCUT2D eigenvalue weighted by Crippen LogP contribution is 2.40. The predicted molar refractivity (Wildman–Crippen MR) is 192 cm³/mol. The number of para-hydroxylation sites is 1. The molecule has 49 heavy (non-hydrogen) atoms. The molecule has 0 N–H and O–H groups in total. The minimum absolute atomic E-state index is 0.0432. The molecule has 2 amide bonds. The Bertz CT molecular complexity index is 2070. The summed E-state index contributed by atoms with van der Waals surface area (Å²) >= 11 is -1.48. The summed E-state index contributed by atoms with van der Waals surface area (Å²) in [7, 11) is 5.24.